The molecule has 2 aromatic rings. The molecule has 0 N–H and O–H groups in total. The highest BCUT2D eigenvalue weighted by Gasteiger charge is 2.12. The minimum Gasteiger partial charge on any atom is -0.239 e. The molecule has 16 heavy (non-hydrogen) atoms. The summed E-state index contributed by atoms with van der Waals surface area (Å²) in [4.78, 5) is 4.24. The van der Waals surface area contributed by atoms with Gasteiger partial charge in [-0.3, -0.25) is 0 Å². The van der Waals surface area contributed by atoms with E-state index in [4.69, 9.17) is 5.26 Å². The fourth-order valence-electron chi connectivity index (χ4n) is 1.27. The van der Waals surface area contributed by atoms with Crippen LogP contribution in [0.25, 0.3) is 10.6 Å². The number of rotatable bonds is 2. The van der Waals surface area contributed by atoms with Crippen LogP contribution in [0.5, 0.6) is 0 Å². The molecular formula is C11H6BrFN2S. The number of hydrogen-bond donors (Lipinski definition) is 0. The van der Waals surface area contributed by atoms with Crippen LogP contribution in [0.4, 0.5) is 4.39 Å². The number of nitrogens with zero attached hydrogens (tertiary/aromatic N) is 2. The van der Waals surface area contributed by atoms with Crippen LogP contribution < -0.4 is 0 Å². The van der Waals surface area contributed by atoms with E-state index in [0.717, 1.165) is 3.79 Å². The predicted molar refractivity (Wildman–Crippen MR) is 64.5 cm³/mol. The van der Waals surface area contributed by atoms with E-state index < -0.39 is 0 Å². The van der Waals surface area contributed by atoms with E-state index in [1.165, 1.54) is 17.4 Å². The highest BCUT2D eigenvalue weighted by atomic mass is 79.9. The van der Waals surface area contributed by atoms with Crippen molar-refractivity contribution in [3.8, 4) is 16.6 Å². The van der Waals surface area contributed by atoms with Crippen molar-refractivity contribution in [1.29, 1.82) is 5.26 Å². The van der Waals surface area contributed by atoms with Gasteiger partial charge in [0, 0.05) is 5.56 Å². The van der Waals surface area contributed by atoms with Crippen LogP contribution in [0, 0.1) is 17.1 Å². The van der Waals surface area contributed by atoms with Crippen LogP contribution >= 0.6 is 27.3 Å². The van der Waals surface area contributed by atoms with E-state index in [9.17, 15) is 4.39 Å². The van der Waals surface area contributed by atoms with Gasteiger partial charge in [-0.1, -0.05) is 12.1 Å². The first-order chi connectivity index (χ1) is 7.72. The predicted octanol–water partition coefficient (Wildman–Crippen LogP) is 3.78. The quantitative estimate of drug-likeness (QED) is 0.846. The van der Waals surface area contributed by atoms with Gasteiger partial charge in [-0.05, 0) is 28.1 Å². The van der Waals surface area contributed by atoms with Gasteiger partial charge >= 0.3 is 0 Å². The van der Waals surface area contributed by atoms with Gasteiger partial charge in [-0.2, -0.15) is 5.26 Å². The van der Waals surface area contributed by atoms with Crippen molar-refractivity contribution in [3.63, 3.8) is 0 Å². The molecular weight excluding hydrogens is 291 g/mol. The lowest BCUT2D eigenvalue weighted by atomic mass is 10.2. The Labute approximate surface area is 105 Å². The largest absolute Gasteiger partial charge is 0.239 e. The number of halogens is 2. The summed E-state index contributed by atoms with van der Waals surface area (Å²) < 4.78 is 14.3. The van der Waals surface area contributed by atoms with Crippen molar-refractivity contribution >= 4 is 27.3 Å². The first kappa shape index (κ1) is 11.2. The highest BCUT2D eigenvalue weighted by Crippen LogP contribution is 2.33. The molecule has 1 heterocycles. The molecule has 0 spiro atoms. The van der Waals surface area contributed by atoms with Crippen LogP contribution in [0.1, 0.15) is 5.69 Å². The third-order valence-electron chi connectivity index (χ3n) is 2.00. The van der Waals surface area contributed by atoms with Gasteiger partial charge in [-0.15, -0.1) is 11.3 Å². The average Bonchev–Trinajstić information content (AvgIpc) is 2.61. The summed E-state index contributed by atoms with van der Waals surface area (Å²) in [6.07, 6.45) is 0.228. The Balaban J connectivity index is 2.46. The summed E-state index contributed by atoms with van der Waals surface area (Å²) in [5.41, 5.74) is 1.13. The van der Waals surface area contributed by atoms with Crippen molar-refractivity contribution in [2.24, 2.45) is 0 Å². The molecule has 0 aliphatic carbocycles. The van der Waals surface area contributed by atoms with Crippen molar-refractivity contribution in [1.82, 2.24) is 4.98 Å². The molecule has 0 aliphatic heterocycles. The fourth-order valence-corrected chi connectivity index (χ4v) is 2.79. The summed E-state index contributed by atoms with van der Waals surface area (Å²) in [6, 6.07) is 8.50. The average molecular weight is 297 g/mol. The minimum absolute atomic E-state index is 0.228. The Bertz CT molecular complexity index is 559. The number of benzene rings is 1. The first-order valence-corrected chi connectivity index (χ1v) is 6.10. The molecule has 2 rings (SSSR count). The number of nitriles is 1. The van der Waals surface area contributed by atoms with E-state index in [-0.39, 0.29) is 12.2 Å². The molecule has 2 nitrogen and oxygen atoms in total. The van der Waals surface area contributed by atoms with E-state index in [0.29, 0.717) is 16.3 Å². The van der Waals surface area contributed by atoms with Gasteiger partial charge in [0.1, 0.15) is 10.8 Å². The molecule has 0 unspecified atom stereocenters. The summed E-state index contributed by atoms with van der Waals surface area (Å²) >= 11 is 4.66. The number of aromatic nitrogens is 1. The summed E-state index contributed by atoms with van der Waals surface area (Å²) in [5.74, 6) is -0.299. The van der Waals surface area contributed by atoms with Crippen LogP contribution in [-0.2, 0) is 6.42 Å². The van der Waals surface area contributed by atoms with Crippen molar-refractivity contribution in [3.05, 3.63) is 39.6 Å². The van der Waals surface area contributed by atoms with E-state index in [1.807, 2.05) is 6.07 Å². The molecule has 0 saturated carbocycles. The van der Waals surface area contributed by atoms with Crippen LogP contribution in [0.3, 0.4) is 0 Å². The lowest BCUT2D eigenvalue weighted by molar-refractivity contribution is 0.631. The van der Waals surface area contributed by atoms with E-state index in [2.05, 4.69) is 20.9 Å². The fraction of sp³-hybridized carbons (Fsp3) is 0.0909. The highest BCUT2D eigenvalue weighted by molar-refractivity contribution is 9.11. The molecule has 0 fully saturated rings. The Hall–Kier alpha value is -1.25. The van der Waals surface area contributed by atoms with Crippen molar-refractivity contribution < 1.29 is 4.39 Å². The zero-order valence-corrected chi connectivity index (χ0v) is 10.5. The number of thiazole rings is 1. The molecule has 80 valence electrons. The molecule has 1 aromatic heterocycles. The van der Waals surface area contributed by atoms with Crippen LogP contribution in [0.2, 0.25) is 0 Å². The maximum atomic E-state index is 13.5. The second-order valence-corrected chi connectivity index (χ2v) is 5.37. The van der Waals surface area contributed by atoms with Crippen LogP contribution in [0.15, 0.2) is 28.1 Å². The topological polar surface area (TPSA) is 36.7 Å². The minimum atomic E-state index is -0.299. The molecule has 0 amide bonds. The summed E-state index contributed by atoms with van der Waals surface area (Å²) in [5, 5.41) is 9.19. The zero-order chi connectivity index (χ0) is 11.5. The molecule has 0 saturated heterocycles. The second-order valence-electron chi connectivity index (χ2n) is 3.05. The molecule has 0 bridgehead atoms. The van der Waals surface area contributed by atoms with Gasteiger partial charge in [0.2, 0.25) is 0 Å². The SMILES string of the molecule is N#CCc1nc(-c2ccccc2F)sc1Br. The summed E-state index contributed by atoms with van der Waals surface area (Å²) in [6.45, 7) is 0. The molecule has 0 aliphatic rings. The third-order valence-corrected chi connectivity index (χ3v) is 3.86. The van der Waals surface area contributed by atoms with Crippen molar-refractivity contribution in [2.45, 2.75) is 6.42 Å². The normalized spacial score (nSPS) is 10.1. The standard InChI is InChI=1S/C11H6BrFN2S/c12-10-9(5-6-14)15-11(16-10)7-3-1-2-4-8(7)13/h1-4H,5H2. The Morgan fingerprint density at radius 2 is 2.19 bits per heavy atom. The van der Waals surface area contributed by atoms with Gasteiger partial charge in [0.05, 0.1) is 22.0 Å². The van der Waals surface area contributed by atoms with E-state index >= 15 is 0 Å². The Morgan fingerprint density at radius 1 is 1.44 bits per heavy atom. The van der Waals surface area contributed by atoms with Gasteiger partial charge in [0.15, 0.2) is 0 Å². The van der Waals surface area contributed by atoms with E-state index in [1.54, 1.807) is 18.2 Å². The first-order valence-electron chi connectivity index (χ1n) is 4.49. The third kappa shape index (κ3) is 2.13. The maximum absolute atomic E-state index is 13.5. The zero-order valence-electron chi connectivity index (χ0n) is 8.08. The van der Waals surface area contributed by atoms with Gasteiger partial charge in [0.25, 0.3) is 0 Å². The van der Waals surface area contributed by atoms with Gasteiger partial charge in [-0.25, -0.2) is 9.37 Å². The maximum Gasteiger partial charge on any atom is 0.133 e. The molecule has 5 heteroatoms. The monoisotopic (exact) mass is 296 g/mol. The Morgan fingerprint density at radius 3 is 2.88 bits per heavy atom. The smallest absolute Gasteiger partial charge is 0.133 e. The lowest BCUT2D eigenvalue weighted by Gasteiger charge is -1.96. The second kappa shape index (κ2) is 4.73. The van der Waals surface area contributed by atoms with Gasteiger partial charge < -0.3 is 0 Å². The number of hydrogen-bond acceptors (Lipinski definition) is 3. The molecule has 0 atom stereocenters. The van der Waals surface area contributed by atoms with Crippen molar-refractivity contribution in [2.75, 3.05) is 0 Å². The lowest BCUT2D eigenvalue weighted by Crippen LogP contribution is -1.85. The molecule has 1 aromatic carbocycles. The van der Waals surface area contributed by atoms with Crippen LogP contribution in [-0.4, -0.2) is 4.98 Å². The summed E-state index contributed by atoms with van der Waals surface area (Å²) in [7, 11) is 0. The Kier molecular flexibility index (Phi) is 3.32. The molecule has 0 radical (unpaired) electrons.